The van der Waals surface area contributed by atoms with Crippen molar-refractivity contribution < 1.29 is 22.7 Å². The second-order valence-electron chi connectivity index (χ2n) is 4.83. The molecule has 0 saturated heterocycles. The normalized spacial score (nSPS) is 14.6. The van der Waals surface area contributed by atoms with Crippen LogP contribution in [0.15, 0.2) is 23.1 Å². The molecule has 0 heterocycles. The van der Waals surface area contributed by atoms with Crippen molar-refractivity contribution in [3.63, 3.8) is 0 Å². The Morgan fingerprint density at radius 1 is 1.38 bits per heavy atom. The number of hydrogen-bond acceptors (Lipinski definition) is 5. The van der Waals surface area contributed by atoms with Crippen LogP contribution < -0.4 is 5.32 Å². The van der Waals surface area contributed by atoms with Crippen LogP contribution in [0.25, 0.3) is 0 Å². The van der Waals surface area contributed by atoms with Crippen LogP contribution in [0.3, 0.4) is 0 Å². The predicted molar refractivity (Wildman–Crippen MR) is 76.0 cm³/mol. The lowest BCUT2D eigenvalue weighted by atomic mass is 10.2. The van der Waals surface area contributed by atoms with Crippen LogP contribution in [0, 0.1) is 0 Å². The van der Waals surface area contributed by atoms with Crippen molar-refractivity contribution in [3.05, 3.63) is 28.8 Å². The molecule has 114 valence electrons. The van der Waals surface area contributed by atoms with Crippen LogP contribution in [0.4, 0.5) is 0 Å². The van der Waals surface area contributed by atoms with E-state index in [9.17, 15) is 18.0 Å². The highest BCUT2D eigenvalue weighted by atomic mass is 35.5. The zero-order chi connectivity index (χ0) is 15.6. The van der Waals surface area contributed by atoms with E-state index < -0.39 is 22.4 Å². The van der Waals surface area contributed by atoms with Crippen molar-refractivity contribution in [3.8, 4) is 0 Å². The van der Waals surface area contributed by atoms with E-state index in [4.69, 9.17) is 16.3 Å². The maximum absolute atomic E-state index is 11.9. The number of hydrogen-bond donors (Lipinski definition) is 1. The number of amides is 1. The van der Waals surface area contributed by atoms with Crippen LogP contribution >= 0.6 is 11.6 Å². The molecule has 1 N–H and O–H groups in total. The van der Waals surface area contributed by atoms with Gasteiger partial charge in [0.05, 0.1) is 15.5 Å². The largest absolute Gasteiger partial charge is 0.452 e. The first kappa shape index (κ1) is 15.8. The number of ether oxygens (including phenoxy) is 1. The van der Waals surface area contributed by atoms with Crippen molar-refractivity contribution in [1.29, 1.82) is 0 Å². The number of nitrogens with one attached hydrogen (secondary N) is 1. The molecule has 1 fully saturated rings. The van der Waals surface area contributed by atoms with Crippen LogP contribution in [0.1, 0.15) is 23.2 Å². The third-order valence-corrected chi connectivity index (χ3v) is 4.30. The Morgan fingerprint density at radius 3 is 2.62 bits per heavy atom. The average molecular weight is 332 g/mol. The summed E-state index contributed by atoms with van der Waals surface area (Å²) in [5, 5.41) is 2.73. The van der Waals surface area contributed by atoms with E-state index in [1.165, 1.54) is 12.1 Å². The number of esters is 1. The van der Waals surface area contributed by atoms with E-state index in [1.807, 2.05) is 0 Å². The van der Waals surface area contributed by atoms with E-state index in [0.29, 0.717) is 0 Å². The van der Waals surface area contributed by atoms with Gasteiger partial charge in [-0.05, 0) is 31.0 Å². The Morgan fingerprint density at radius 2 is 2.05 bits per heavy atom. The minimum absolute atomic E-state index is 0.0405. The number of carbonyl (C=O) groups is 2. The highest BCUT2D eigenvalue weighted by molar-refractivity contribution is 7.90. The van der Waals surface area contributed by atoms with Crippen molar-refractivity contribution in [2.75, 3.05) is 12.9 Å². The summed E-state index contributed by atoms with van der Waals surface area (Å²) in [6.07, 6.45) is 2.89. The number of sulfone groups is 1. The molecule has 1 aliphatic rings. The Bertz CT molecular complexity index is 682. The molecule has 2 rings (SSSR count). The lowest BCUT2D eigenvalue weighted by Gasteiger charge is -2.08. The number of benzene rings is 1. The summed E-state index contributed by atoms with van der Waals surface area (Å²) in [4.78, 5) is 23.3. The fraction of sp³-hybridized carbons (Fsp3) is 0.385. The molecule has 21 heavy (non-hydrogen) atoms. The van der Waals surface area contributed by atoms with E-state index in [2.05, 4.69) is 5.32 Å². The summed E-state index contributed by atoms with van der Waals surface area (Å²) in [6, 6.07) is 3.92. The quantitative estimate of drug-likeness (QED) is 0.818. The van der Waals surface area contributed by atoms with Gasteiger partial charge in [0.25, 0.3) is 5.91 Å². The Hall–Kier alpha value is -1.60. The lowest BCUT2D eigenvalue weighted by Crippen LogP contribution is -2.30. The van der Waals surface area contributed by atoms with E-state index in [0.717, 1.165) is 25.2 Å². The molecule has 8 heteroatoms. The topological polar surface area (TPSA) is 89.5 Å². The Labute approximate surface area is 127 Å². The van der Waals surface area contributed by atoms with Crippen LogP contribution in [-0.4, -0.2) is 39.2 Å². The maximum Gasteiger partial charge on any atom is 0.340 e. The van der Waals surface area contributed by atoms with E-state index >= 15 is 0 Å². The molecule has 0 aromatic heterocycles. The van der Waals surface area contributed by atoms with Crippen LogP contribution in [0.5, 0.6) is 0 Å². The molecule has 0 aliphatic heterocycles. The van der Waals surface area contributed by atoms with E-state index in [1.54, 1.807) is 0 Å². The molecule has 0 unspecified atom stereocenters. The molecule has 1 aliphatic carbocycles. The van der Waals surface area contributed by atoms with Crippen LogP contribution in [-0.2, 0) is 19.4 Å². The molecular weight excluding hydrogens is 318 g/mol. The summed E-state index contributed by atoms with van der Waals surface area (Å²) in [5.74, 6) is -1.22. The van der Waals surface area contributed by atoms with Crippen molar-refractivity contribution >= 4 is 33.3 Å². The van der Waals surface area contributed by atoms with Gasteiger partial charge in [0.15, 0.2) is 16.4 Å². The minimum Gasteiger partial charge on any atom is -0.452 e. The number of halogens is 1. The monoisotopic (exact) mass is 331 g/mol. The minimum atomic E-state index is -3.46. The maximum atomic E-state index is 11.9. The summed E-state index contributed by atoms with van der Waals surface area (Å²) in [6.45, 7) is -0.422. The summed E-state index contributed by atoms with van der Waals surface area (Å²) in [5.41, 5.74) is -0.0844. The average Bonchev–Trinajstić information content (AvgIpc) is 3.19. The summed E-state index contributed by atoms with van der Waals surface area (Å²) >= 11 is 5.85. The highest BCUT2D eigenvalue weighted by Crippen LogP contribution is 2.21. The third kappa shape index (κ3) is 4.44. The van der Waals surface area contributed by atoms with Gasteiger partial charge >= 0.3 is 5.97 Å². The second-order valence-corrected chi connectivity index (χ2v) is 7.25. The SMILES string of the molecule is CS(=O)(=O)c1ccc(Cl)c(C(=O)OCC(=O)NC2CC2)c1. The molecule has 0 atom stereocenters. The molecule has 1 aromatic rings. The Balaban J connectivity index is 2.05. The smallest absolute Gasteiger partial charge is 0.340 e. The van der Waals surface area contributed by atoms with Gasteiger partial charge in [-0.3, -0.25) is 4.79 Å². The zero-order valence-electron chi connectivity index (χ0n) is 11.3. The fourth-order valence-corrected chi connectivity index (χ4v) is 2.44. The summed E-state index contributed by atoms with van der Waals surface area (Å²) in [7, 11) is -3.46. The second kappa shape index (κ2) is 6.03. The molecule has 1 saturated carbocycles. The predicted octanol–water partition coefficient (Wildman–Crippen LogP) is 1.18. The summed E-state index contributed by atoms with van der Waals surface area (Å²) < 4.78 is 27.7. The van der Waals surface area contributed by atoms with Crippen molar-refractivity contribution in [2.45, 2.75) is 23.8 Å². The first-order valence-electron chi connectivity index (χ1n) is 6.23. The standard InChI is InChI=1S/C13H14ClNO5S/c1-21(18,19)9-4-5-11(14)10(6-9)13(17)20-7-12(16)15-8-2-3-8/h4-6,8H,2-3,7H2,1H3,(H,15,16). The van der Waals surface area contributed by atoms with Crippen molar-refractivity contribution in [1.82, 2.24) is 5.32 Å². The molecule has 0 radical (unpaired) electrons. The van der Waals surface area contributed by atoms with E-state index in [-0.39, 0.29) is 27.4 Å². The zero-order valence-corrected chi connectivity index (χ0v) is 12.8. The molecular formula is C13H14ClNO5S. The van der Waals surface area contributed by atoms with Gasteiger partial charge in [-0.1, -0.05) is 11.6 Å². The van der Waals surface area contributed by atoms with Gasteiger partial charge in [0, 0.05) is 12.3 Å². The number of rotatable bonds is 5. The first-order valence-corrected chi connectivity index (χ1v) is 8.50. The van der Waals surface area contributed by atoms with Gasteiger partial charge in [-0.15, -0.1) is 0 Å². The third-order valence-electron chi connectivity index (χ3n) is 2.86. The number of carbonyl (C=O) groups excluding carboxylic acids is 2. The first-order chi connectivity index (χ1) is 9.77. The fourth-order valence-electron chi connectivity index (χ4n) is 1.60. The molecule has 6 nitrogen and oxygen atoms in total. The van der Waals surface area contributed by atoms with Gasteiger partial charge < -0.3 is 10.1 Å². The lowest BCUT2D eigenvalue weighted by molar-refractivity contribution is -0.124. The van der Waals surface area contributed by atoms with Gasteiger partial charge in [0.2, 0.25) is 0 Å². The van der Waals surface area contributed by atoms with Gasteiger partial charge in [-0.2, -0.15) is 0 Å². The molecule has 1 amide bonds. The van der Waals surface area contributed by atoms with Crippen molar-refractivity contribution in [2.24, 2.45) is 0 Å². The highest BCUT2D eigenvalue weighted by Gasteiger charge is 2.24. The van der Waals surface area contributed by atoms with Gasteiger partial charge in [0.1, 0.15) is 0 Å². The van der Waals surface area contributed by atoms with Crippen LogP contribution in [0.2, 0.25) is 5.02 Å². The molecule has 1 aromatic carbocycles. The van der Waals surface area contributed by atoms with Gasteiger partial charge in [-0.25, -0.2) is 13.2 Å². The molecule has 0 spiro atoms. The molecule has 0 bridgehead atoms. The Kier molecular flexibility index (Phi) is 4.53.